The van der Waals surface area contributed by atoms with E-state index in [1.165, 1.54) is 0 Å². The number of nitrogens with zero attached hydrogens (tertiary/aromatic N) is 4. The predicted octanol–water partition coefficient (Wildman–Crippen LogP) is 1.83. The number of amides is 2. The van der Waals surface area contributed by atoms with Gasteiger partial charge in [0.2, 0.25) is 0 Å². The van der Waals surface area contributed by atoms with Gasteiger partial charge in [-0.3, -0.25) is 0 Å². The number of nitrogens with one attached hydrogen (secondary N) is 1. The Morgan fingerprint density at radius 3 is 2.96 bits per heavy atom. The van der Waals surface area contributed by atoms with E-state index in [1.807, 2.05) is 38.3 Å². The van der Waals surface area contributed by atoms with Crippen molar-refractivity contribution in [2.45, 2.75) is 26.3 Å². The summed E-state index contributed by atoms with van der Waals surface area (Å²) in [6, 6.07) is 3.82. The first-order valence-electron chi connectivity index (χ1n) is 7.69. The van der Waals surface area contributed by atoms with Crippen LogP contribution in [0.4, 0.5) is 4.79 Å². The Hall–Kier alpha value is -2.81. The Labute approximate surface area is 135 Å². The van der Waals surface area contributed by atoms with Crippen LogP contribution in [0.15, 0.2) is 36.2 Å². The van der Waals surface area contributed by atoms with E-state index in [9.17, 15) is 4.79 Å². The van der Waals surface area contributed by atoms with Crippen LogP contribution in [0.3, 0.4) is 0 Å². The van der Waals surface area contributed by atoms with Crippen molar-refractivity contribution in [3.8, 4) is 11.8 Å². The molecule has 2 aromatic rings. The number of hydrogen-bond acceptors (Lipinski definition) is 3. The molecule has 0 spiro atoms. The number of aromatic nitrogens is 3. The summed E-state index contributed by atoms with van der Waals surface area (Å²) in [5.74, 6) is 6.24. The molecule has 0 aliphatic carbocycles. The maximum atomic E-state index is 11.9. The molecule has 0 radical (unpaired) electrons. The van der Waals surface area contributed by atoms with Gasteiger partial charge in [0, 0.05) is 37.0 Å². The van der Waals surface area contributed by atoms with Crippen molar-refractivity contribution in [1.82, 2.24) is 24.8 Å². The Balaban J connectivity index is 1.65. The highest BCUT2D eigenvalue weighted by molar-refractivity contribution is 5.75. The number of hydrogen-bond donors (Lipinski definition) is 1. The van der Waals surface area contributed by atoms with Crippen LogP contribution in [-0.4, -0.2) is 44.7 Å². The van der Waals surface area contributed by atoms with Crippen LogP contribution in [0.1, 0.15) is 26.0 Å². The molecule has 1 N–H and O–H groups in total. The molecular formula is C17H19N5O. The molecule has 0 saturated carbocycles. The standard InChI is InChI=1S/C17H19N5O/c1-13(2)19-17(23)21-10-6-14(7-11-21)3-4-15-8-12-22-16(20-15)5-9-18-22/h5-6,8-9,12-13H,7,10-11H2,1-2H3,(H,19,23). The third-order valence-corrected chi connectivity index (χ3v) is 3.52. The van der Waals surface area contributed by atoms with Crippen molar-refractivity contribution in [1.29, 1.82) is 0 Å². The number of carbonyl (C=O) groups excluding carboxylic acids is 1. The van der Waals surface area contributed by atoms with Crippen LogP contribution in [0.2, 0.25) is 0 Å². The van der Waals surface area contributed by atoms with Gasteiger partial charge in [-0.25, -0.2) is 14.3 Å². The summed E-state index contributed by atoms with van der Waals surface area (Å²) in [6.45, 7) is 5.20. The molecule has 2 amide bonds. The third-order valence-electron chi connectivity index (χ3n) is 3.52. The molecule has 0 saturated heterocycles. The molecule has 1 aliphatic heterocycles. The summed E-state index contributed by atoms with van der Waals surface area (Å²) in [5, 5.41) is 7.01. The summed E-state index contributed by atoms with van der Waals surface area (Å²) in [6.07, 6.45) is 6.33. The molecule has 0 bridgehead atoms. The van der Waals surface area contributed by atoms with Crippen molar-refractivity contribution in [2.75, 3.05) is 13.1 Å². The Morgan fingerprint density at radius 1 is 1.35 bits per heavy atom. The van der Waals surface area contributed by atoms with E-state index < -0.39 is 0 Å². The van der Waals surface area contributed by atoms with E-state index in [2.05, 4.69) is 27.2 Å². The van der Waals surface area contributed by atoms with Gasteiger partial charge in [-0.05, 0) is 32.3 Å². The largest absolute Gasteiger partial charge is 0.336 e. The van der Waals surface area contributed by atoms with Crippen molar-refractivity contribution in [3.05, 3.63) is 41.9 Å². The molecule has 6 nitrogen and oxygen atoms in total. The van der Waals surface area contributed by atoms with Gasteiger partial charge in [-0.2, -0.15) is 5.10 Å². The molecule has 0 atom stereocenters. The zero-order valence-corrected chi connectivity index (χ0v) is 13.3. The highest BCUT2D eigenvalue weighted by Gasteiger charge is 2.16. The third kappa shape index (κ3) is 3.69. The van der Waals surface area contributed by atoms with Crippen LogP contribution in [0.25, 0.3) is 5.65 Å². The summed E-state index contributed by atoms with van der Waals surface area (Å²) in [7, 11) is 0. The van der Waals surface area contributed by atoms with Crippen molar-refractivity contribution in [3.63, 3.8) is 0 Å². The van der Waals surface area contributed by atoms with E-state index in [4.69, 9.17) is 0 Å². The minimum Gasteiger partial charge on any atom is -0.336 e. The monoisotopic (exact) mass is 309 g/mol. The highest BCUT2D eigenvalue weighted by atomic mass is 16.2. The lowest BCUT2D eigenvalue weighted by molar-refractivity contribution is 0.199. The summed E-state index contributed by atoms with van der Waals surface area (Å²) in [4.78, 5) is 18.1. The van der Waals surface area contributed by atoms with Crippen LogP contribution in [-0.2, 0) is 0 Å². The first kappa shape index (κ1) is 15.1. The summed E-state index contributed by atoms with van der Waals surface area (Å²) < 4.78 is 1.70. The topological polar surface area (TPSA) is 62.5 Å². The fourth-order valence-corrected chi connectivity index (χ4v) is 2.33. The predicted molar refractivity (Wildman–Crippen MR) is 87.8 cm³/mol. The zero-order chi connectivity index (χ0) is 16.2. The van der Waals surface area contributed by atoms with E-state index >= 15 is 0 Å². The van der Waals surface area contributed by atoms with Gasteiger partial charge in [0.05, 0.1) is 6.20 Å². The number of carbonyl (C=O) groups is 1. The first-order valence-corrected chi connectivity index (χ1v) is 7.69. The first-order chi connectivity index (χ1) is 11.1. The van der Waals surface area contributed by atoms with E-state index in [1.54, 1.807) is 15.6 Å². The van der Waals surface area contributed by atoms with Gasteiger partial charge in [0.15, 0.2) is 5.65 Å². The molecule has 0 fully saturated rings. The lowest BCUT2D eigenvalue weighted by Crippen LogP contribution is -2.44. The Kier molecular flexibility index (Phi) is 4.29. The lowest BCUT2D eigenvalue weighted by atomic mass is 10.1. The van der Waals surface area contributed by atoms with Crippen LogP contribution < -0.4 is 5.32 Å². The molecule has 3 rings (SSSR count). The molecule has 2 aromatic heterocycles. The maximum Gasteiger partial charge on any atom is 0.317 e. The second-order valence-corrected chi connectivity index (χ2v) is 5.73. The van der Waals surface area contributed by atoms with Gasteiger partial charge in [-0.1, -0.05) is 12.0 Å². The van der Waals surface area contributed by atoms with E-state index in [0.29, 0.717) is 13.1 Å². The molecule has 6 heteroatoms. The van der Waals surface area contributed by atoms with Crippen molar-refractivity contribution in [2.24, 2.45) is 0 Å². The number of urea groups is 1. The van der Waals surface area contributed by atoms with E-state index in [-0.39, 0.29) is 12.1 Å². The van der Waals surface area contributed by atoms with Crippen LogP contribution in [0, 0.1) is 11.8 Å². The molecule has 0 unspecified atom stereocenters. The quantitative estimate of drug-likeness (QED) is 0.818. The summed E-state index contributed by atoms with van der Waals surface area (Å²) >= 11 is 0. The van der Waals surface area contributed by atoms with Gasteiger partial charge < -0.3 is 10.2 Å². The van der Waals surface area contributed by atoms with E-state index in [0.717, 1.165) is 23.3 Å². The highest BCUT2D eigenvalue weighted by Crippen LogP contribution is 2.10. The number of fused-ring (bicyclic) bond motifs is 1. The van der Waals surface area contributed by atoms with Gasteiger partial charge in [0.1, 0.15) is 5.69 Å². The fraction of sp³-hybridized carbons (Fsp3) is 0.353. The minimum atomic E-state index is -0.0175. The Morgan fingerprint density at radius 2 is 2.22 bits per heavy atom. The number of rotatable bonds is 1. The molecule has 3 heterocycles. The smallest absolute Gasteiger partial charge is 0.317 e. The molecule has 1 aliphatic rings. The average Bonchev–Trinajstić information content (AvgIpc) is 3.00. The van der Waals surface area contributed by atoms with Crippen LogP contribution in [0.5, 0.6) is 0 Å². The summed E-state index contributed by atoms with van der Waals surface area (Å²) in [5.41, 5.74) is 2.55. The van der Waals surface area contributed by atoms with Gasteiger partial charge >= 0.3 is 6.03 Å². The minimum absolute atomic E-state index is 0.0175. The fourth-order valence-electron chi connectivity index (χ4n) is 2.33. The van der Waals surface area contributed by atoms with Crippen LogP contribution >= 0.6 is 0 Å². The molecule has 118 valence electrons. The van der Waals surface area contributed by atoms with Gasteiger partial charge in [0.25, 0.3) is 0 Å². The second-order valence-electron chi connectivity index (χ2n) is 5.73. The lowest BCUT2D eigenvalue weighted by Gasteiger charge is -2.26. The normalized spacial score (nSPS) is 14.4. The average molecular weight is 309 g/mol. The molecule has 23 heavy (non-hydrogen) atoms. The SMILES string of the molecule is CC(C)NC(=O)N1CC=C(C#Cc2ccn3nccc3n2)CC1. The molecular weight excluding hydrogens is 290 g/mol. The Bertz CT molecular complexity index is 809. The van der Waals surface area contributed by atoms with Crippen molar-refractivity contribution < 1.29 is 4.79 Å². The zero-order valence-electron chi connectivity index (χ0n) is 13.3. The van der Waals surface area contributed by atoms with Crippen molar-refractivity contribution >= 4 is 11.7 Å². The molecule has 0 aromatic carbocycles. The maximum absolute atomic E-state index is 11.9. The van der Waals surface area contributed by atoms with Gasteiger partial charge in [-0.15, -0.1) is 0 Å². The second kappa shape index (κ2) is 6.53.